The number of benzene rings is 6. The van der Waals surface area contributed by atoms with Crippen molar-refractivity contribution in [3.05, 3.63) is 163 Å². The van der Waals surface area contributed by atoms with Gasteiger partial charge in [0.15, 0.2) is 14.3 Å². The molecular formula is C47H46O9P2. The van der Waals surface area contributed by atoms with Gasteiger partial charge < -0.3 is 42.7 Å². The predicted molar refractivity (Wildman–Crippen MR) is 228 cm³/mol. The lowest BCUT2D eigenvalue weighted by Crippen LogP contribution is -2.29. The van der Waals surface area contributed by atoms with Gasteiger partial charge in [-0.05, 0) is 42.3 Å². The standard InChI is InChI=1S/C47H46O9P2/c48-36(30-52-38-23-24-45(56-34-40-33-55-40)47(28-38)58(50,43-17-9-3-10-18-43)44-19-11-4-12-20-44)29-51-26-25-35-21-22-37(53-31-39-32-54-39)27-46(35)57(49,41-13-5-1-6-14-41)42-15-7-2-8-16-42/h1-24,27-28,36,39-40,48H,25-26,29-34H2. The molecule has 3 atom stereocenters. The zero-order valence-corrected chi connectivity index (χ0v) is 33.8. The average Bonchev–Trinajstić information content (AvgIpc) is 4.24. The van der Waals surface area contributed by atoms with E-state index in [4.69, 9.17) is 28.4 Å². The van der Waals surface area contributed by atoms with Crippen LogP contribution in [0.2, 0.25) is 0 Å². The molecule has 0 radical (unpaired) electrons. The fraction of sp³-hybridized carbons (Fsp3) is 0.234. The van der Waals surface area contributed by atoms with Crippen LogP contribution in [0, 0.1) is 0 Å². The Morgan fingerprint density at radius 2 is 1.00 bits per heavy atom. The molecule has 2 heterocycles. The Hall–Kier alpha value is -4.98. The van der Waals surface area contributed by atoms with Crippen molar-refractivity contribution in [3.8, 4) is 17.2 Å². The first kappa shape index (κ1) is 39.8. The van der Waals surface area contributed by atoms with Crippen LogP contribution in [0.15, 0.2) is 158 Å². The molecule has 2 fully saturated rings. The van der Waals surface area contributed by atoms with Crippen molar-refractivity contribution in [2.75, 3.05) is 46.2 Å². The van der Waals surface area contributed by atoms with Crippen LogP contribution in [0.25, 0.3) is 0 Å². The highest BCUT2D eigenvalue weighted by atomic mass is 31.2. The van der Waals surface area contributed by atoms with E-state index in [9.17, 15) is 5.11 Å². The molecule has 2 saturated heterocycles. The summed E-state index contributed by atoms with van der Waals surface area (Å²) < 4.78 is 65.9. The van der Waals surface area contributed by atoms with Gasteiger partial charge in [-0.2, -0.15) is 0 Å². The number of epoxide rings is 2. The third-order valence-electron chi connectivity index (χ3n) is 10.1. The zero-order chi connectivity index (χ0) is 39.8. The first-order valence-corrected chi connectivity index (χ1v) is 22.9. The molecule has 8 rings (SSSR count). The fourth-order valence-corrected chi connectivity index (χ4v) is 12.6. The number of aliphatic hydroxyl groups is 1. The molecule has 2 aliphatic rings. The maximum Gasteiger partial charge on any atom is 0.174 e. The Morgan fingerprint density at radius 1 is 0.552 bits per heavy atom. The number of ether oxygens (including phenoxy) is 6. The van der Waals surface area contributed by atoms with E-state index in [1.807, 2.05) is 140 Å². The predicted octanol–water partition coefficient (Wildman–Crippen LogP) is 5.52. The summed E-state index contributed by atoms with van der Waals surface area (Å²) in [4.78, 5) is 0. The minimum Gasteiger partial charge on any atom is -0.491 e. The summed E-state index contributed by atoms with van der Waals surface area (Å²) in [5, 5.41) is 15.0. The molecule has 0 amide bonds. The summed E-state index contributed by atoms with van der Waals surface area (Å²) in [6.07, 6.45) is -0.420. The second-order valence-electron chi connectivity index (χ2n) is 14.3. The van der Waals surface area contributed by atoms with Crippen LogP contribution >= 0.6 is 14.3 Å². The minimum atomic E-state index is -3.41. The highest BCUT2D eigenvalue weighted by Gasteiger charge is 2.35. The lowest BCUT2D eigenvalue weighted by atomic mass is 10.1. The van der Waals surface area contributed by atoms with E-state index in [0.29, 0.717) is 71.3 Å². The van der Waals surface area contributed by atoms with E-state index in [1.165, 1.54) is 0 Å². The topological polar surface area (TPSA) is 116 Å². The normalized spacial score (nSPS) is 16.6. The van der Waals surface area contributed by atoms with Crippen molar-refractivity contribution < 1.29 is 42.7 Å². The fourth-order valence-electron chi connectivity index (χ4n) is 6.84. The van der Waals surface area contributed by atoms with E-state index in [1.54, 1.807) is 18.2 Å². The first-order valence-electron chi connectivity index (χ1n) is 19.5. The molecule has 0 aliphatic carbocycles. The maximum atomic E-state index is 15.4. The van der Waals surface area contributed by atoms with Gasteiger partial charge >= 0.3 is 0 Å². The summed E-state index contributed by atoms with van der Waals surface area (Å²) in [6, 6.07) is 48.9. The van der Waals surface area contributed by atoms with Crippen molar-refractivity contribution in [2.24, 2.45) is 0 Å². The van der Waals surface area contributed by atoms with Gasteiger partial charge in [0.2, 0.25) is 0 Å². The number of hydrogen-bond acceptors (Lipinski definition) is 9. The second kappa shape index (κ2) is 18.3. The van der Waals surface area contributed by atoms with E-state index in [0.717, 1.165) is 16.2 Å². The van der Waals surface area contributed by atoms with Gasteiger partial charge in [-0.3, -0.25) is 0 Å². The number of rotatable bonds is 20. The molecule has 6 aromatic carbocycles. The van der Waals surface area contributed by atoms with Gasteiger partial charge in [0.1, 0.15) is 55.4 Å². The van der Waals surface area contributed by atoms with Crippen LogP contribution in [-0.4, -0.2) is 69.7 Å². The van der Waals surface area contributed by atoms with Gasteiger partial charge in [0.05, 0.1) is 31.7 Å². The Labute approximate surface area is 339 Å². The summed E-state index contributed by atoms with van der Waals surface area (Å²) >= 11 is 0. The molecule has 0 aromatic heterocycles. The first-order chi connectivity index (χ1) is 28.4. The second-order valence-corrected chi connectivity index (χ2v) is 19.8. The maximum absolute atomic E-state index is 15.4. The van der Waals surface area contributed by atoms with Crippen LogP contribution in [0.5, 0.6) is 17.2 Å². The van der Waals surface area contributed by atoms with Crippen LogP contribution < -0.4 is 46.0 Å². The Kier molecular flexibility index (Phi) is 12.6. The molecule has 6 aromatic rings. The quantitative estimate of drug-likeness (QED) is 0.0605. The lowest BCUT2D eigenvalue weighted by molar-refractivity contribution is 0.0131. The van der Waals surface area contributed by atoms with Crippen LogP contribution in [0.4, 0.5) is 0 Å². The Morgan fingerprint density at radius 3 is 1.52 bits per heavy atom. The molecule has 58 heavy (non-hydrogen) atoms. The smallest absolute Gasteiger partial charge is 0.174 e. The third kappa shape index (κ3) is 9.32. The van der Waals surface area contributed by atoms with Crippen LogP contribution in [0.3, 0.4) is 0 Å². The molecule has 298 valence electrons. The summed E-state index contributed by atoms with van der Waals surface area (Å²) in [5.41, 5.74) is 0.862. The number of hydrogen-bond donors (Lipinski definition) is 1. The SMILES string of the molecule is O=P(c1ccccc1)(c1ccccc1)c1cc(OCC2CO2)ccc1CCOCC(O)COc1ccc(OCC2CO2)c(P(=O)(c2ccccc2)c2ccccc2)c1. The van der Waals surface area contributed by atoms with Gasteiger partial charge in [-0.25, -0.2) is 0 Å². The highest BCUT2D eigenvalue weighted by Crippen LogP contribution is 2.47. The molecule has 0 bridgehead atoms. The van der Waals surface area contributed by atoms with Gasteiger partial charge in [-0.15, -0.1) is 0 Å². The molecule has 0 saturated carbocycles. The average molecular weight is 817 g/mol. The minimum absolute atomic E-state index is 0.00884. The van der Waals surface area contributed by atoms with Crippen molar-refractivity contribution in [1.82, 2.24) is 0 Å². The van der Waals surface area contributed by atoms with Gasteiger partial charge in [0, 0.05) is 26.5 Å². The molecule has 2 aliphatic heterocycles. The van der Waals surface area contributed by atoms with E-state index in [-0.39, 0.29) is 32.0 Å². The van der Waals surface area contributed by atoms with Crippen molar-refractivity contribution in [2.45, 2.75) is 24.7 Å². The molecule has 11 heteroatoms. The number of aliphatic hydroxyl groups excluding tert-OH is 1. The van der Waals surface area contributed by atoms with Crippen LogP contribution in [0.1, 0.15) is 5.56 Å². The van der Waals surface area contributed by atoms with Gasteiger partial charge in [-0.1, -0.05) is 127 Å². The lowest BCUT2D eigenvalue weighted by Gasteiger charge is -2.24. The Bertz CT molecular complexity index is 2270. The molecule has 0 spiro atoms. The highest BCUT2D eigenvalue weighted by molar-refractivity contribution is 7.86. The summed E-state index contributed by atoms with van der Waals surface area (Å²) in [6.45, 7) is 2.30. The molecule has 9 nitrogen and oxygen atoms in total. The van der Waals surface area contributed by atoms with Crippen LogP contribution in [-0.2, 0) is 29.8 Å². The zero-order valence-electron chi connectivity index (χ0n) is 32.0. The summed E-state index contributed by atoms with van der Waals surface area (Å²) in [7, 11) is -6.73. The van der Waals surface area contributed by atoms with Gasteiger partial charge in [0.25, 0.3) is 0 Å². The molecule has 3 unspecified atom stereocenters. The van der Waals surface area contributed by atoms with Crippen molar-refractivity contribution >= 4 is 46.1 Å². The van der Waals surface area contributed by atoms with Crippen molar-refractivity contribution in [1.29, 1.82) is 0 Å². The largest absolute Gasteiger partial charge is 0.491 e. The third-order valence-corrected chi connectivity index (χ3v) is 16.3. The molecular weight excluding hydrogens is 770 g/mol. The van der Waals surface area contributed by atoms with E-state index >= 15 is 9.13 Å². The van der Waals surface area contributed by atoms with E-state index < -0.39 is 20.4 Å². The Balaban J connectivity index is 0.972. The van der Waals surface area contributed by atoms with Crippen molar-refractivity contribution in [3.63, 3.8) is 0 Å². The monoisotopic (exact) mass is 816 g/mol. The van der Waals surface area contributed by atoms with E-state index in [2.05, 4.69) is 0 Å². The molecule has 1 N–H and O–H groups in total. The summed E-state index contributed by atoms with van der Waals surface area (Å²) in [5.74, 6) is 1.55.